The predicted molar refractivity (Wildman–Crippen MR) is 139 cm³/mol. The molecular weight excluding hydrogens is 456 g/mol. The maximum atomic E-state index is 13.1. The molecule has 0 saturated carbocycles. The van der Waals surface area contributed by atoms with Crippen LogP contribution in [0.25, 0.3) is 0 Å². The molecule has 9 nitrogen and oxygen atoms in total. The van der Waals surface area contributed by atoms with Crippen molar-refractivity contribution in [2.75, 3.05) is 6.54 Å². The van der Waals surface area contributed by atoms with E-state index in [9.17, 15) is 14.9 Å². The molecule has 0 bridgehead atoms. The summed E-state index contributed by atoms with van der Waals surface area (Å²) < 4.78 is 5.81. The molecule has 1 heterocycles. The zero-order valence-electron chi connectivity index (χ0n) is 21.2. The van der Waals surface area contributed by atoms with Gasteiger partial charge >= 0.3 is 0 Å². The highest BCUT2D eigenvalue weighted by Crippen LogP contribution is 2.16. The average molecular weight is 495 g/mol. The average Bonchev–Trinajstić information content (AvgIpc) is 2.91. The van der Waals surface area contributed by atoms with Gasteiger partial charge in [-0.15, -0.1) is 0 Å². The lowest BCUT2D eigenvalue weighted by Gasteiger charge is -2.24. The van der Waals surface area contributed by atoms with E-state index in [4.69, 9.17) is 16.2 Å². The number of unbranched alkanes of at least 4 members (excludes halogenated alkanes) is 1. The second-order valence-corrected chi connectivity index (χ2v) is 8.94. The first-order valence-electron chi connectivity index (χ1n) is 12.4. The summed E-state index contributed by atoms with van der Waals surface area (Å²) in [7, 11) is 0. The number of nitrogens with zero attached hydrogens (tertiary/aromatic N) is 2. The Kier molecular flexibility index (Phi) is 12.4. The monoisotopic (exact) mass is 494 g/mol. The molecule has 0 radical (unpaired) electrons. The van der Waals surface area contributed by atoms with Crippen molar-refractivity contribution in [2.45, 2.75) is 70.7 Å². The molecule has 36 heavy (non-hydrogen) atoms. The number of ether oxygens (including phenoxy) is 1. The highest BCUT2D eigenvalue weighted by molar-refractivity contribution is 5.90. The summed E-state index contributed by atoms with van der Waals surface area (Å²) in [6, 6.07) is 11.0. The summed E-state index contributed by atoms with van der Waals surface area (Å²) >= 11 is 0. The van der Waals surface area contributed by atoms with Crippen LogP contribution < -0.4 is 26.8 Å². The summed E-state index contributed by atoms with van der Waals surface area (Å²) in [4.78, 5) is 29.9. The Bertz CT molecular complexity index is 977. The zero-order valence-corrected chi connectivity index (χ0v) is 21.2. The number of nitrogens with one attached hydrogen (secondary N) is 2. The first-order chi connectivity index (χ1) is 17.4. The van der Waals surface area contributed by atoms with Gasteiger partial charge in [-0.1, -0.05) is 32.4 Å². The van der Waals surface area contributed by atoms with E-state index in [1.807, 2.05) is 50.2 Å². The topological polar surface area (TPSA) is 156 Å². The Morgan fingerprint density at radius 3 is 2.36 bits per heavy atom. The maximum Gasteiger partial charge on any atom is 0.243 e. The van der Waals surface area contributed by atoms with Crippen LogP contribution >= 0.6 is 0 Å². The van der Waals surface area contributed by atoms with Crippen molar-refractivity contribution < 1.29 is 14.3 Å². The summed E-state index contributed by atoms with van der Waals surface area (Å²) in [5.74, 6) is -0.159. The quantitative estimate of drug-likeness (QED) is 0.276. The van der Waals surface area contributed by atoms with E-state index >= 15 is 0 Å². The molecule has 1 aromatic carbocycles. The molecule has 2 amide bonds. The summed E-state index contributed by atoms with van der Waals surface area (Å²) in [5.41, 5.74) is 13.5. The maximum absolute atomic E-state index is 13.1. The molecule has 9 heteroatoms. The lowest BCUT2D eigenvalue weighted by atomic mass is 9.98. The number of carbonyl (C=O) groups excluding carboxylic acids is 2. The summed E-state index contributed by atoms with van der Waals surface area (Å²) in [6.45, 7) is 4.79. The number of hydrogen-bond acceptors (Lipinski definition) is 7. The number of nitriles is 1. The molecular formula is C27H38N6O3. The Morgan fingerprint density at radius 1 is 1.06 bits per heavy atom. The second kappa shape index (κ2) is 15.5. The van der Waals surface area contributed by atoms with Crippen LogP contribution in [0.15, 0.2) is 48.8 Å². The van der Waals surface area contributed by atoms with Gasteiger partial charge in [0.15, 0.2) is 0 Å². The van der Waals surface area contributed by atoms with Crippen LogP contribution in [-0.4, -0.2) is 41.5 Å². The minimum absolute atomic E-state index is 0.0336. The number of hydrogen-bond donors (Lipinski definition) is 4. The second-order valence-electron chi connectivity index (χ2n) is 8.94. The van der Waals surface area contributed by atoms with Gasteiger partial charge in [0.05, 0.1) is 12.1 Å². The van der Waals surface area contributed by atoms with Crippen LogP contribution in [0.5, 0.6) is 5.75 Å². The number of pyridine rings is 1. The SMILES string of the molecule is CC[C@@H](C)[C@@H](N)C(=O)N[C@@H](Cc1ccc(OCc2ccncc2)cc1)C(=O)N[C@H](C#N)CCCCN. The molecule has 0 saturated heterocycles. The molecule has 2 aromatic rings. The molecule has 2 rings (SSSR count). The van der Waals surface area contributed by atoms with Gasteiger partial charge in [-0.3, -0.25) is 14.6 Å². The number of rotatable bonds is 15. The fourth-order valence-corrected chi connectivity index (χ4v) is 3.53. The number of amides is 2. The summed E-state index contributed by atoms with van der Waals surface area (Å²) in [5, 5.41) is 15.0. The molecule has 0 aliphatic rings. The molecule has 0 spiro atoms. The molecule has 1 aromatic heterocycles. The molecule has 0 aliphatic carbocycles. The van der Waals surface area contributed by atoms with Crippen molar-refractivity contribution in [2.24, 2.45) is 17.4 Å². The highest BCUT2D eigenvalue weighted by Gasteiger charge is 2.27. The van der Waals surface area contributed by atoms with E-state index in [1.54, 1.807) is 12.4 Å². The van der Waals surface area contributed by atoms with E-state index in [1.165, 1.54) is 0 Å². The van der Waals surface area contributed by atoms with E-state index in [2.05, 4.69) is 21.7 Å². The normalized spacial score (nSPS) is 14.1. The lowest BCUT2D eigenvalue weighted by molar-refractivity contribution is -0.130. The third-order valence-electron chi connectivity index (χ3n) is 6.13. The van der Waals surface area contributed by atoms with Gasteiger partial charge in [-0.25, -0.2) is 0 Å². The standard InChI is InChI=1S/C27H38N6O3/c1-3-19(2)25(30)27(35)33-24(26(34)32-22(17-29)6-4-5-13-28)16-20-7-9-23(10-8-20)36-18-21-11-14-31-15-12-21/h7-12,14-15,19,22,24-25H,3-6,13,16,18,28,30H2,1-2H3,(H,32,34)(H,33,35)/t19-,22+,24+,25-/m1/s1. The van der Waals surface area contributed by atoms with Crippen molar-refractivity contribution in [3.05, 3.63) is 59.9 Å². The molecule has 194 valence electrons. The van der Waals surface area contributed by atoms with Crippen molar-refractivity contribution in [3.63, 3.8) is 0 Å². The van der Waals surface area contributed by atoms with E-state index in [0.29, 0.717) is 25.3 Å². The molecule has 6 N–H and O–H groups in total. The minimum Gasteiger partial charge on any atom is -0.489 e. The van der Waals surface area contributed by atoms with Gasteiger partial charge in [0.1, 0.15) is 24.4 Å². The van der Waals surface area contributed by atoms with E-state index in [0.717, 1.165) is 30.4 Å². The van der Waals surface area contributed by atoms with E-state index < -0.39 is 29.9 Å². The molecule has 0 aliphatic heterocycles. The van der Waals surface area contributed by atoms with Crippen molar-refractivity contribution in [1.29, 1.82) is 5.26 Å². The minimum atomic E-state index is -0.874. The third-order valence-corrected chi connectivity index (χ3v) is 6.13. The number of nitrogens with two attached hydrogens (primary N) is 2. The van der Waals surface area contributed by atoms with Crippen LogP contribution in [-0.2, 0) is 22.6 Å². The highest BCUT2D eigenvalue weighted by atomic mass is 16.5. The molecule has 0 unspecified atom stereocenters. The van der Waals surface area contributed by atoms with E-state index in [-0.39, 0.29) is 12.3 Å². The van der Waals surface area contributed by atoms with Crippen LogP contribution in [0.2, 0.25) is 0 Å². The van der Waals surface area contributed by atoms with Gasteiger partial charge in [-0.05, 0) is 67.1 Å². The van der Waals surface area contributed by atoms with Crippen LogP contribution in [0.1, 0.15) is 50.7 Å². The molecule has 4 atom stereocenters. The van der Waals surface area contributed by atoms with Gasteiger partial charge in [0.2, 0.25) is 11.8 Å². The van der Waals surface area contributed by atoms with Gasteiger partial charge < -0.3 is 26.8 Å². The van der Waals surface area contributed by atoms with Gasteiger partial charge in [0.25, 0.3) is 0 Å². The molecule has 0 fully saturated rings. The number of benzene rings is 1. The Hall–Kier alpha value is -3.48. The Morgan fingerprint density at radius 2 is 1.75 bits per heavy atom. The Labute approximate surface area is 213 Å². The Balaban J connectivity index is 2.08. The smallest absolute Gasteiger partial charge is 0.243 e. The van der Waals surface area contributed by atoms with Crippen LogP contribution in [0.3, 0.4) is 0 Å². The largest absolute Gasteiger partial charge is 0.489 e. The van der Waals surface area contributed by atoms with Crippen molar-refractivity contribution >= 4 is 11.8 Å². The zero-order chi connectivity index (χ0) is 26.3. The van der Waals surface area contributed by atoms with Gasteiger partial charge in [0, 0.05) is 18.8 Å². The first kappa shape index (κ1) is 28.8. The predicted octanol–water partition coefficient (Wildman–Crippen LogP) is 2.20. The van der Waals surface area contributed by atoms with Crippen LogP contribution in [0, 0.1) is 17.2 Å². The number of aromatic nitrogens is 1. The fraction of sp³-hybridized carbons (Fsp3) is 0.481. The third kappa shape index (κ3) is 9.64. The van der Waals surface area contributed by atoms with Crippen LogP contribution in [0.4, 0.5) is 0 Å². The van der Waals surface area contributed by atoms with Crippen molar-refractivity contribution in [3.8, 4) is 11.8 Å². The van der Waals surface area contributed by atoms with Gasteiger partial charge in [-0.2, -0.15) is 5.26 Å². The fourth-order valence-electron chi connectivity index (χ4n) is 3.53. The van der Waals surface area contributed by atoms with Crippen molar-refractivity contribution in [1.82, 2.24) is 15.6 Å². The summed E-state index contributed by atoms with van der Waals surface area (Å²) in [6.07, 6.45) is 6.41. The first-order valence-corrected chi connectivity index (χ1v) is 12.4. The lowest BCUT2D eigenvalue weighted by Crippen LogP contribution is -2.55. The number of carbonyl (C=O) groups is 2.